The van der Waals surface area contributed by atoms with E-state index >= 15 is 0 Å². The maximum atomic E-state index is 12.8. The number of hydrogen-bond donors (Lipinski definition) is 0. The van der Waals surface area contributed by atoms with Crippen molar-refractivity contribution in [1.29, 1.82) is 0 Å². The van der Waals surface area contributed by atoms with E-state index in [2.05, 4.69) is 31.2 Å². The minimum Gasteiger partial charge on any atom is -0.466 e. The fourth-order valence-corrected chi connectivity index (χ4v) is 3.02. The van der Waals surface area contributed by atoms with Gasteiger partial charge in [0.1, 0.15) is 0 Å². The molecule has 0 atom stereocenters. The topological polar surface area (TPSA) is 46.6 Å². The highest BCUT2D eigenvalue weighted by Crippen LogP contribution is 2.12. The molecule has 0 aliphatic carbocycles. The van der Waals surface area contributed by atoms with Gasteiger partial charge in [-0.25, -0.2) is 0 Å². The third-order valence-corrected chi connectivity index (χ3v) is 4.71. The van der Waals surface area contributed by atoms with Crippen molar-refractivity contribution in [3.63, 3.8) is 0 Å². The van der Waals surface area contributed by atoms with E-state index in [1.54, 1.807) is 11.8 Å². The SMILES string of the molecule is CCOC(=O)CCN(Cc1ccc(C)cc1)C(=O)CCCc1ccc(C)cc1. The lowest BCUT2D eigenvalue weighted by Gasteiger charge is -2.23. The van der Waals surface area contributed by atoms with Gasteiger partial charge in [-0.1, -0.05) is 59.7 Å². The predicted molar refractivity (Wildman–Crippen MR) is 112 cm³/mol. The molecular formula is C24H31NO3. The smallest absolute Gasteiger partial charge is 0.307 e. The summed E-state index contributed by atoms with van der Waals surface area (Å²) in [4.78, 5) is 26.3. The molecule has 2 aromatic carbocycles. The Morgan fingerprint density at radius 2 is 1.43 bits per heavy atom. The van der Waals surface area contributed by atoms with Gasteiger partial charge in [-0.05, 0) is 44.7 Å². The van der Waals surface area contributed by atoms with Gasteiger partial charge in [0.25, 0.3) is 0 Å². The summed E-state index contributed by atoms with van der Waals surface area (Å²) in [5.41, 5.74) is 4.74. The molecule has 0 N–H and O–H groups in total. The van der Waals surface area contributed by atoms with Crippen molar-refractivity contribution < 1.29 is 14.3 Å². The van der Waals surface area contributed by atoms with Crippen molar-refractivity contribution in [3.8, 4) is 0 Å². The minimum absolute atomic E-state index is 0.0805. The summed E-state index contributed by atoms with van der Waals surface area (Å²) in [6.45, 7) is 7.16. The first-order chi connectivity index (χ1) is 13.5. The molecule has 150 valence electrons. The lowest BCUT2D eigenvalue weighted by Crippen LogP contribution is -2.32. The van der Waals surface area contributed by atoms with E-state index in [9.17, 15) is 9.59 Å². The highest BCUT2D eigenvalue weighted by Gasteiger charge is 2.16. The third-order valence-electron chi connectivity index (χ3n) is 4.71. The molecule has 0 saturated carbocycles. The summed E-state index contributed by atoms with van der Waals surface area (Å²) in [5.74, 6) is -0.180. The number of nitrogens with zero attached hydrogens (tertiary/aromatic N) is 1. The first-order valence-corrected chi connectivity index (χ1v) is 10.0. The quantitative estimate of drug-likeness (QED) is 0.565. The van der Waals surface area contributed by atoms with Gasteiger partial charge in [-0.2, -0.15) is 0 Å². The third kappa shape index (κ3) is 7.55. The Balaban J connectivity index is 1.93. The van der Waals surface area contributed by atoms with Crippen LogP contribution in [0.1, 0.15) is 48.4 Å². The Labute approximate surface area is 168 Å². The van der Waals surface area contributed by atoms with Crippen molar-refractivity contribution in [3.05, 3.63) is 70.8 Å². The van der Waals surface area contributed by atoms with Crippen LogP contribution in [0.25, 0.3) is 0 Å². The summed E-state index contributed by atoms with van der Waals surface area (Å²) < 4.78 is 5.01. The zero-order valence-corrected chi connectivity index (χ0v) is 17.2. The highest BCUT2D eigenvalue weighted by molar-refractivity contribution is 5.77. The average molecular weight is 382 g/mol. The van der Waals surface area contributed by atoms with Crippen molar-refractivity contribution >= 4 is 11.9 Å². The standard InChI is InChI=1S/C24H31NO3/c1-4-28-24(27)16-17-25(18-22-14-10-20(3)11-15-22)23(26)7-5-6-21-12-8-19(2)9-13-21/h8-15H,4-7,16-18H2,1-3H3. The number of amides is 1. The molecule has 4 heteroatoms. The van der Waals surface area contributed by atoms with E-state index in [0.717, 1.165) is 18.4 Å². The molecule has 0 aliphatic rings. The zero-order valence-electron chi connectivity index (χ0n) is 17.2. The van der Waals surface area contributed by atoms with E-state index in [-0.39, 0.29) is 18.3 Å². The Bertz CT molecular complexity index is 750. The fraction of sp³-hybridized carbons (Fsp3) is 0.417. The Morgan fingerprint density at radius 3 is 2.00 bits per heavy atom. The normalized spacial score (nSPS) is 10.5. The van der Waals surface area contributed by atoms with Crippen LogP contribution >= 0.6 is 0 Å². The Kier molecular flexibility index (Phi) is 8.73. The highest BCUT2D eigenvalue weighted by atomic mass is 16.5. The molecule has 0 radical (unpaired) electrons. The second-order valence-electron chi connectivity index (χ2n) is 7.20. The van der Waals surface area contributed by atoms with Crippen LogP contribution < -0.4 is 0 Å². The fourth-order valence-electron chi connectivity index (χ4n) is 3.02. The molecule has 0 aromatic heterocycles. The number of aryl methyl sites for hydroxylation is 3. The van der Waals surface area contributed by atoms with E-state index in [1.807, 2.05) is 31.2 Å². The predicted octanol–water partition coefficient (Wildman–Crippen LogP) is 4.61. The van der Waals surface area contributed by atoms with Gasteiger partial charge >= 0.3 is 5.97 Å². The van der Waals surface area contributed by atoms with Gasteiger partial charge in [0.05, 0.1) is 13.0 Å². The molecule has 0 aliphatic heterocycles. The van der Waals surface area contributed by atoms with Crippen LogP contribution in [-0.4, -0.2) is 29.9 Å². The minimum atomic E-state index is -0.260. The van der Waals surface area contributed by atoms with Crippen LogP contribution in [0.5, 0.6) is 0 Å². The largest absolute Gasteiger partial charge is 0.466 e. The van der Waals surface area contributed by atoms with Crippen molar-refractivity contribution in [2.75, 3.05) is 13.2 Å². The maximum Gasteiger partial charge on any atom is 0.307 e. The van der Waals surface area contributed by atoms with Gasteiger partial charge in [0.15, 0.2) is 0 Å². The number of esters is 1. The number of rotatable bonds is 10. The molecule has 2 rings (SSSR count). The molecule has 0 heterocycles. The van der Waals surface area contributed by atoms with Crippen molar-refractivity contribution in [1.82, 2.24) is 4.90 Å². The summed E-state index contributed by atoms with van der Waals surface area (Å²) >= 11 is 0. The van der Waals surface area contributed by atoms with Gasteiger partial charge in [0, 0.05) is 19.5 Å². The molecule has 4 nitrogen and oxygen atoms in total. The first-order valence-electron chi connectivity index (χ1n) is 10.0. The molecule has 0 unspecified atom stereocenters. The number of benzene rings is 2. The van der Waals surface area contributed by atoms with E-state index in [0.29, 0.717) is 26.1 Å². The molecule has 28 heavy (non-hydrogen) atoms. The van der Waals surface area contributed by atoms with Crippen LogP contribution in [0, 0.1) is 13.8 Å². The van der Waals surface area contributed by atoms with E-state index in [4.69, 9.17) is 4.74 Å². The molecule has 0 fully saturated rings. The molecule has 2 aromatic rings. The first kappa shape index (κ1) is 21.7. The maximum absolute atomic E-state index is 12.8. The summed E-state index contributed by atoms with van der Waals surface area (Å²) in [5, 5.41) is 0. The number of hydrogen-bond acceptors (Lipinski definition) is 3. The van der Waals surface area contributed by atoms with Gasteiger partial charge in [-0.15, -0.1) is 0 Å². The van der Waals surface area contributed by atoms with Gasteiger partial charge < -0.3 is 9.64 Å². The summed E-state index contributed by atoms with van der Waals surface area (Å²) in [6.07, 6.45) is 2.37. The van der Waals surface area contributed by atoms with E-state index in [1.165, 1.54) is 16.7 Å². The van der Waals surface area contributed by atoms with E-state index < -0.39 is 0 Å². The molecular weight excluding hydrogens is 350 g/mol. The van der Waals surface area contributed by atoms with Crippen LogP contribution in [-0.2, 0) is 27.3 Å². The number of carbonyl (C=O) groups excluding carboxylic acids is 2. The zero-order chi connectivity index (χ0) is 20.4. The van der Waals surface area contributed by atoms with Gasteiger partial charge in [-0.3, -0.25) is 9.59 Å². The summed E-state index contributed by atoms with van der Waals surface area (Å²) in [7, 11) is 0. The van der Waals surface area contributed by atoms with Crippen molar-refractivity contribution in [2.45, 2.75) is 53.0 Å². The number of ether oxygens (including phenoxy) is 1. The lowest BCUT2D eigenvalue weighted by molar-refractivity contribution is -0.144. The van der Waals surface area contributed by atoms with Crippen LogP contribution in [0.4, 0.5) is 0 Å². The lowest BCUT2D eigenvalue weighted by atomic mass is 10.1. The Morgan fingerprint density at radius 1 is 0.857 bits per heavy atom. The average Bonchev–Trinajstić information content (AvgIpc) is 2.68. The van der Waals surface area contributed by atoms with Crippen LogP contribution in [0.15, 0.2) is 48.5 Å². The second kappa shape index (κ2) is 11.3. The summed E-state index contributed by atoms with van der Waals surface area (Å²) in [6, 6.07) is 16.6. The van der Waals surface area contributed by atoms with Crippen LogP contribution in [0.3, 0.4) is 0 Å². The van der Waals surface area contributed by atoms with Crippen LogP contribution in [0.2, 0.25) is 0 Å². The van der Waals surface area contributed by atoms with Gasteiger partial charge in [0.2, 0.25) is 5.91 Å². The monoisotopic (exact) mass is 381 g/mol. The van der Waals surface area contributed by atoms with Crippen molar-refractivity contribution in [2.24, 2.45) is 0 Å². The second-order valence-corrected chi connectivity index (χ2v) is 7.20. The molecule has 0 spiro atoms. The Hall–Kier alpha value is -2.62. The molecule has 0 bridgehead atoms. The number of carbonyl (C=O) groups is 2. The molecule has 1 amide bonds. The molecule has 0 saturated heterocycles.